The average Bonchev–Trinajstić information content (AvgIpc) is 2.48. The van der Waals surface area contributed by atoms with E-state index in [4.69, 9.17) is 4.74 Å². The monoisotopic (exact) mass is 342 g/mol. The molecule has 6 nitrogen and oxygen atoms in total. The second-order valence-corrected chi connectivity index (χ2v) is 7.41. The number of aryl methyl sites for hydroxylation is 1. The molecular formula is C16H26N2O4S. The Morgan fingerprint density at radius 1 is 1.22 bits per heavy atom. The summed E-state index contributed by atoms with van der Waals surface area (Å²) in [7, 11) is -1.93. The van der Waals surface area contributed by atoms with Crippen LogP contribution in [0, 0.1) is 12.8 Å². The van der Waals surface area contributed by atoms with E-state index >= 15 is 0 Å². The van der Waals surface area contributed by atoms with Crippen LogP contribution < -0.4 is 10.0 Å². The Balaban J connectivity index is 2.43. The van der Waals surface area contributed by atoms with Gasteiger partial charge in [0.2, 0.25) is 15.9 Å². The van der Waals surface area contributed by atoms with Gasteiger partial charge in [-0.15, -0.1) is 0 Å². The van der Waals surface area contributed by atoms with Gasteiger partial charge in [-0.25, -0.2) is 8.42 Å². The van der Waals surface area contributed by atoms with Crippen molar-refractivity contribution < 1.29 is 17.9 Å². The molecule has 1 aromatic rings. The molecule has 130 valence electrons. The molecule has 23 heavy (non-hydrogen) atoms. The van der Waals surface area contributed by atoms with Crippen LogP contribution in [0.5, 0.6) is 0 Å². The van der Waals surface area contributed by atoms with Crippen molar-refractivity contribution in [1.29, 1.82) is 0 Å². The molecule has 0 aromatic heterocycles. The summed E-state index contributed by atoms with van der Waals surface area (Å²) < 4.78 is 31.6. The van der Waals surface area contributed by atoms with Gasteiger partial charge in [0.1, 0.15) is 0 Å². The molecule has 1 amide bonds. The van der Waals surface area contributed by atoms with Crippen molar-refractivity contribution in [2.24, 2.45) is 5.92 Å². The highest BCUT2D eigenvalue weighted by Crippen LogP contribution is 2.12. The Hall–Kier alpha value is -1.60. The summed E-state index contributed by atoms with van der Waals surface area (Å²) in [5.41, 5.74) is 1.55. The second-order valence-electron chi connectivity index (χ2n) is 5.64. The Kier molecular flexibility index (Phi) is 8.05. The van der Waals surface area contributed by atoms with Gasteiger partial charge in [0.05, 0.1) is 11.7 Å². The summed E-state index contributed by atoms with van der Waals surface area (Å²) in [4.78, 5) is 11.9. The molecule has 0 aliphatic rings. The molecule has 0 saturated heterocycles. The van der Waals surface area contributed by atoms with Crippen LogP contribution in [0.3, 0.4) is 0 Å². The van der Waals surface area contributed by atoms with Crippen LogP contribution in [-0.2, 0) is 19.6 Å². The maximum absolute atomic E-state index is 12.1. The molecule has 0 bridgehead atoms. The number of nitrogens with one attached hydrogen (secondary N) is 2. The number of anilines is 1. The van der Waals surface area contributed by atoms with E-state index in [1.54, 1.807) is 26.2 Å². The second kappa shape index (κ2) is 9.52. The normalized spacial score (nSPS) is 12.7. The van der Waals surface area contributed by atoms with Gasteiger partial charge in [-0.3, -0.25) is 9.52 Å². The van der Waals surface area contributed by atoms with Crippen molar-refractivity contribution in [3.05, 3.63) is 29.8 Å². The first-order valence-electron chi connectivity index (χ1n) is 7.68. The molecule has 1 unspecified atom stereocenters. The minimum atomic E-state index is -3.56. The topological polar surface area (TPSA) is 84.5 Å². The van der Waals surface area contributed by atoms with E-state index in [0.29, 0.717) is 18.8 Å². The molecule has 0 spiro atoms. The Morgan fingerprint density at radius 2 is 1.87 bits per heavy atom. The Bertz CT molecular complexity index is 585. The molecule has 0 saturated carbocycles. The van der Waals surface area contributed by atoms with Crippen molar-refractivity contribution in [2.45, 2.75) is 26.7 Å². The van der Waals surface area contributed by atoms with E-state index in [9.17, 15) is 13.2 Å². The van der Waals surface area contributed by atoms with Crippen molar-refractivity contribution in [2.75, 3.05) is 30.7 Å². The van der Waals surface area contributed by atoms with E-state index in [0.717, 1.165) is 18.4 Å². The van der Waals surface area contributed by atoms with Crippen LogP contribution in [0.4, 0.5) is 5.69 Å². The zero-order valence-electron chi connectivity index (χ0n) is 14.0. The van der Waals surface area contributed by atoms with Crippen LogP contribution in [0.25, 0.3) is 0 Å². The summed E-state index contributed by atoms with van der Waals surface area (Å²) in [5.74, 6) is -1.11. The van der Waals surface area contributed by atoms with Gasteiger partial charge in [0.25, 0.3) is 0 Å². The van der Waals surface area contributed by atoms with Gasteiger partial charge in [-0.05, 0) is 31.9 Å². The summed E-state index contributed by atoms with van der Waals surface area (Å²) in [6.07, 6.45) is 1.67. The summed E-state index contributed by atoms with van der Waals surface area (Å²) in [6.45, 7) is 4.72. The fraction of sp³-hybridized carbons (Fsp3) is 0.562. The van der Waals surface area contributed by atoms with Crippen LogP contribution in [0.2, 0.25) is 0 Å². The van der Waals surface area contributed by atoms with Gasteiger partial charge < -0.3 is 10.1 Å². The zero-order chi connectivity index (χ0) is 17.3. The molecular weight excluding hydrogens is 316 g/mol. The number of hydrogen-bond donors (Lipinski definition) is 2. The maximum atomic E-state index is 12.1. The smallest absolute Gasteiger partial charge is 0.233 e. The van der Waals surface area contributed by atoms with Gasteiger partial charge in [-0.1, -0.05) is 24.6 Å². The molecule has 0 fully saturated rings. The number of methoxy groups -OCH3 is 1. The lowest BCUT2D eigenvalue weighted by molar-refractivity contribution is -0.123. The van der Waals surface area contributed by atoms with E-state index in [2.05, 4.69) is 10.0 Å². The fourth-order valence-electron chi connectivity index (χ4n) is 2.00. The van der Waals surface area contributed by atoms with Crippen molar-refractivity contribution in [3.8, 4) is 0 Å². The zero-order valence-corrected chi connectivity index (χ0v) is 14.8. The van der Waals surface area contributed by atoms with Crippen LogP contribution in [-0.4, -0.2) is 40.3 Å². The number of amides is 1. The SMILES string of the molecule is COCCCCNC(=O)C(C)CS(=O)(=O)Nc1ccc(C)cc1. The highest BCUT2D eigenvalue weighted by atomic mass is 32.2. The molecule has 0 aliphatic heterocycles. The van der Waals surface area contributed by atoms with Crippen molar-refractivity contribution >= 4 is 21.6 Å². The van der Waals surface area contributed by atoms with E-state index in [1.165, 1.54) is 0 Å². The predicted octanol–water partition coefficient (Wildman–Crippen LogP) is 1.92. The number of carbonyl (C=O) groups is 1. The minimum Gasteiger partial charge on any atom is -0.385 e. The van der Waals surface area contributed by atoms with Gasteiger partial charge >= 0.3 is 0 Å². The molecule has 0 aliphatic carbocycles. The van der Waals surface area contributed by atoms with Crippen LogP contribution in [0.1, 0.15) is 25.3 Å². The Morgan fingerprint density at radius 3 is 2.48 bits per heavy atom. The number of hydrogen-bond acceptors (Lipinski definition) is 4. The molecule has 1 rings (SSSR count). The first-order chi connectivity index (χ1) is 10.8. The van der Waals surface area contributed by atoms with Crippen molar-refractivity contribution in [1.82, 2.24) is 5.32 Å². The molecule has 0 radical (unpaired) electrons. The quantitative estimate of drug-likeness (QED) is 0.636. The highest BCUT2D eigenvalue weighted by molar-refractivity contribution is 7.92. The lowest BCUT2D eigenvalue weighted by Crippen LogP contribution is -2.35. The maximum Gasteiger partial charge on any atom is 0.233 e. The molecule has 1 aromatic carbocycles. The number of rotatable bonds is 10. The molecule has 2 N–H and O–H groups in total. The minimum absolute atomic E-state index is 0.245. The lowest BCUT2D eigenvalue weighted by atomic mass is 10.2. The summed E-state index contributed by atoms with van der Waals surface area (Å²) in [6, 6.07) is 7.06. The molecule has 0 heterocycles. The first kappa shape index (κ1) is 19.4. The van der Waals surface area contributed by atoms with E-state index < -0.39 is 15.9 Å². The van der Waals surface area contributed by atoms with Gasteiger partial charge in [0, 0.05) is 25.9 Å². The van der Waals surface area contributed by atoms with Crippen LogP contribution >= 0.6 is 0 Å². The Labute approximate surface area is 138 Å². The third kappa shape index (κ3) is 7.99. The lowest BCUT2D eigenvalue weighted by Gasteiger charge is -2.14. The standard InChI is InChI=1S/C16H26N2O4S/c1-13-6-8-15(9-7-13)18-23(20,21)12-14(2)16(19)17-10-4-5-11-22-3/h6-9,14,18H,4-5,10-12H2,1-3H3,(H,17,19). The van der Waals surface area contributed by atoms with Crippen molar-refractivity contribution in [3.63, 3.8) is 0 Å². The largest absolute Gasteiger partial charge is 0.385 e. The predicted molar refractivity (Wildman–Crippen MR) is 91.9 cm³/mol. The average molecular weight is 342 g/mol. The molecule has 7 heteroatoms. The fourth-order valence-corrected chi connectivity index (χ4v) is 3.39. The third-order valence-corrected chi connectivity index (χ3v) is 4.80. The number of carbonyl (C=O) groups excluding carboxylic acids is 1. The number of sulfonamides is 1. The van der Waals surface area contributed by atoms with E-state index in [1.807, 2.05) is 19.1 Å². The van der Waals surface area contributed by atoms with Crippen LogP contribution in [0.15, 0.2) is 24.3 Å². The number of ether oxygens (including phenoxy) is 1. The van der Waals surface area contributed by atoms with Gasteiger partial charge in [-0.2, -0.15) is 0 Å². The van der Waals surface area contributed by atoms with E-state index in [-0.39, 0.29) is 11.7 Å². The first-order valence-corrected chi connectivity index (χ1v) is 9.33. The summed E-state index contributed by atoms with van der Waals surface area (Å²) >= 11 is 0. The third-order valence-electron chi connectivity index (χ3n) is 3.32. The van der Waals surface area contributed by atoms with Gasteiger partial charge in [0.15, 0.2) is 0 Å². The number of benzene rings is 1. The number of unbranched alkanes of at least 4 members (excludes halogenated alkanes) is 1. The summed E-state index contributed by atoms with van der Waals surface area (Å²) in [5, 5.41) is 2.75. The highest BCUT2D eigenvalue weighted by Gasteiger charge is 2.21. The molecule has 1 atom stereocenters.